The second-order valence-electron chi connectivity index (χ2n) is 3.79. The lowest BCUT2D eigenvalue weighted by Crippen LogP contribution is -2.10. The van der Waals surface area contributed by atoms with E-state index in [4.69, 9.17) is 15.0 Å². The molecular weight excluding hydrogens is 256 g/mol. The summed E-state index contributed by atoms with van der Waals surface area (Å²) in [6, 6.07) is 0. The number of nitrogens with zero attached hydrogens (tertiary/aromatic N) is 7. The summed E-state index contributed by atoms with van der Waals surface area (Å²) in [6.45, 7) is 0. The zero-order valence-electron chi connectivity index (χ0n) is 9.93. The van der Waals surface area contributed by atoms with Crippen LogP contribution in [0.5, 0.6) is 0 Å². The first-order valence-electron chi connectivity index (χ1n) is 5.09. The Labute approximate surface area is 105 Å². The Kier molecular flexibility index (Phi) is 2.37. The van der Waals surface area contributed by atoms with Crippen molar-refractivity contribution in [3.05, 3.63) is 0 Å². The third-order valence-corrected chi connectivity index (χ3v) is 2.35. The average molecular weight is 264 g/mol. The van der Waals surface area contributed by atoms with Crippen LogP contribution >= 0.6 is 0 Å². The van der Waals surface area contributed by atoms with Crippen molar-refractivity contribution in [1.29, 1.82) is 0 Å². The van der Waals surface area contributed by atoms with E-state index in [0.29, 0.717) is 11.5 Å². The number of aromatic nitrogens is 6. The molecule has 0 aliphatic heterocycles. The van der Waals surface area contributed by atoms with Crippen molar-refractivity contribution >= 4 is 11.6 Å². The Morgan fingerprint density at radius 2 is 1.26 bits per heavy atom. The monoisotopic (exact) mass is 264 g/mol. The molecule has 3 rings (SSSR count). The fraction of sp³-hybridized carbons (Fsp3) is 0.250. The van der Waals surface area contributed by atoms with Crippen molar-refractivity contribution in [2.75, 3.05) is 24.7 Å². The second kappa shape index (κ2) is 4.04. The van der Waals surface area contributed by atoms with E-state index >= 15 is 0 Å². The van der Waals surface area contributed by atoms with Crippen molar-refractivity contribution in [3.63, 3.8) is 0 Å². The fourth-order valence-corrected chi connectivity index (χ4v) is 1.49. The van der Waals surface area contributed by atoms with Crippen molar-refractivity contribution in [1.82, 2.24) is 30.9 Å². The molecule has 0 fully saturated rings. The summed E-state index contributed by atoms with van der Waals surface area (Å²) in [5, 5.41) is 22.1. The van der Waals surface area contributed by atoms with Crippen molar-refractivity contribution in [3.8, 4) is 22.8 Å². The van der Waals surface area contributed by atoms with Gasteiger partial charge in [0.1, 0.15) is 0 Å². The number of hydrogen-bond donors (Lipinski definition) is 1. The van der Waals surface area contributed by atoms with Gasteiger partial charge < -0.3 is 10.6 Å². The minimum absolute atomic E-state index is 0.0693. The van der Waals surface area contributed by atoms with E-state index < -0.39 is 0 Å². The van der Waals surface area contributed by atoms with E-state index in [1.54, 1.807) is 19.0 Å². The Balaban J connectivity index is 2.15. The molecule has 0 aliphatic carbocycles. The Hall–Kier alpha value is -2.98. The summed E-state index contributed by atoms with van der Waals surface area (Å²) in [4.78, 5) is 1.70. The predicted molar refractivity (Wildman–Crippen MR) is 59.6 cm³/mol. The van der Waals surface area contributed by atoms with E-state index in [1.165, 1.54) is 0 Å². The zero-order chi connectivity index (χ0) is 13.4. The second-order valence-corrected chi connectivity index (χ2v) is 3.79. The molecule has 0 saturated carbocycles. The van der Waals surface area contributed by atoms with Gasteiger partial charge in [0, 0.05) is 14.1 Å². The molecule has 0 bridgehead atoms. The van der Waals surface area contributed by atoms with Gasteiger partial charge in [0.25, 0.3) is 0 Å². The van der Waals surface area contributed by atoms with Gasteiger partial charge in [0.05, 0.1) is 0 Å². The Bertz CT molecular complexity index is 698. The van der Waals surface area contributed by atoms with Crippen molar-refractivity contribution in [2.45, 2.75) is 0 Å². The number of anilines is 2. The highest BCUT2D eigenvalue weighted by atomic mass is 16.6. The SMILES string of the molecule is CN(C)c1nonc1-c1nonc1-c1nonc1N. The van der Waals surface area contributed by atoms with Crippen molar-refractivity contribution in [2.24, 2.45) is 0 Å². The van der Waals surface area contributed by atoms with Gasteiger partial charge in [-0.05, 0) is 30.9 Å². The first kappa shape index (κ1) is 11.1. The highest BCUT2D eigenvalue weighted by Gasteiger charge is 2.26. The van der Waals surface area contributed by atoms with Gasteiger partial charge in [-0.3, -0.25) is 0 Å². The first-order valence-corrected chi connectivity index (χ1v) is 5.09. The van der Waals surface area contributed by atoms with Gasteiger partial charge in [-0.1, -0.05) is 0 Å². The van der Waals surface area contributed by atoms with Crippen LogP contribution in [-0.2, 0) is 0 Å². The minimum atomic E-state index is 0.0693. The largest absolute Gasteiger partial charge is 0.379 e. The lowest BCUT2D eigenvalue weighted by atomic mass is 10.2. The topological polar surface area (TPSA) is 146 Å². The maximum Gasteiger partial charge on any atom is 0.202 e. The van der Waals surface area contributed by atoms with Crippen LogP contribution in [-0.4, -0.2) is 45.0 Å². The van der Waals surface area contributed by atoms with Crippen LogP contribution in [0.2, 0.25) is 0 Å². The number of nitrogen functional groups attached to an aromatic ring is 1. The lowest BCUT2D eigenvalue weighted by molar-refractivity contribution is 0.302. The van der Waals surface area contributed by atoms with Gasteiger partial charge in [-0.2, -0.15) is 0 Å². The summed E-state index contributed by atoms with van der Waals surface area (Å²) < 4.78 is 13.9. The average Bonchev–Trinajstić information content (AvgIpc) is 3.06. The molecule has 3 heterocycles. The van der Waals surface area contributed by atoms with E-state index in [0.717, 1.165) is 0 Å². The van der Waals surface area contributed by atoms with Gasteiger partial charge in [-0.25, -0.2) is 13.9 Å². The van der Waals surface area contributed by atoms with E-state index in [1.807, 2.05) is 0 Å². The van der Waals surface area contributed by atoms with E-state index in [-0.39, 0.29) is 22.9 Å². The lowest BCUT2D eigenvalue weighted by Gasteiger charge is -2.06. The molecule has 0 atom stereocenters. The van der Waals surface area contributed by atoms with E-state index in [2.05, 4.69) is 35.6 Å². The summed E-state index contributed by atoms with van der Waals surface area (Å²) >= 11 is 0. The molecule has 98 valence electrons. The summed E-state index contributed by atoms with van der Waals surface area (Å²) in [7, 11) is 3.56. The number of hydrogen-bond acceptors (Lipinski definition) is 11. The predicted octanol–water partition coefficient (Wildman–Crippen LogP) is -0.182. The van der Waals surface area contributed by atoms with Gasteiger partial charge in [-0.15, -0.1) is 0 Å². The molecule has 2 N–H and O–H groups in total. The Morgan fingerprint density at radius 3 is 1.89 bits per heavy atom. The molecule has 0 unspecified atom stereocenters. The first-order chi connectivity index (χ1) is 9.18. The third kappa shape index (κ3) is 1.67. The van der Waals surface area contributed by atoms with Gasteiger partial charge >= 0.3 is 0 Å². The standard InChI is InChI=1S/C8H8N8O3/c1-16(2)8-6(13-19-15-8)4-3(10-17-11-4)5-7(9)14-18-12-5/h1-2H3,(H2,9,14). The molecular formula is C8H8N8O3. The molecule has 11 heteroatoms. The third-order valence-electron chi connectivity index (χ3n) is 2.35. The van der Waals surface area contributed by atoms with Crippen LogP contribution in [0.1, 0.15) is 0 Å². The molecule has 3 aromatic rings. The Morgan fingerprint density at radius 1 is 0.737 bits per heavy atom. The van der Waals surface area contributed by atoms with Crippen LogP contribution < -0.4 is 10.6 Å². The minimum Gasteiger partial charge on any atom is -0.379 e. The molecule has 3 aromatic heterocycles. The van der Waals surface area contributed by atoms with E-state index in [9.17, 15) is 0 Å². The van der Waals surface area contributed by atoms with Crippen LogP contribution in [0.3, 0.4) is 0 Å². The molecule has 0 amide bonds. The smallest absolute Gasteiger partial charge is 0.202 e. The molecule has 0 aliphatic rings. The van der Waals surface area contributed by atoms with Gasteiger partial charge in [0.2, 0.25) is 5.82 Å². The molecule has 0 spiro atoms. The maximum absolute atomic E-state index is 5.61. The maximum atomic E-state index is 5.61. The van der Waals surface area contributed by atoms with Crippen LogP contribution in [0.15, 0.2) is 13.9 Å². The number of rotatable bonds is 3. The zero-order valence-corrected chi connectivity index (χ0v) is 9.93. The summed E-state index contributed by atoms with van der Waals surface area (Å²) in [5.41, 5.74) is 6.70. The quantitative estimate of drug-likeness (QED) is 0.671. The highest BCUT2D eigenvalue weighted by Crippen LogP contribution is 2.33. The normalized spacial score (nSPS) is 10.8. The summed E-state index contributed by atoms with van der Waals surface area (Å²) in [5.74, 6) is 0.534. The van der Waals surface area contributed by atoms with Crippen LogP contribution in [0, 0.1) is 0 Å². The number of nitrogens with two attached hydrogens (primary N) is 1. The molecule has 19 heavy (non-hydrogen) atoms. The molecule has 11 nitrogen and oxygen atoms in total. The molecule has 0 aromatic carbocycles. The molecule has 0 saturated heterocycles. The van der Waals surface area contributed by atoms with Crippen molar-refractivity contribution < 1.29 is 13.9 Å². The summed E-state index contributed by atoms with van der Waals surface area (Å²) in [6.07, 6.45) is 0. The van der Waals surface area contributed by atoms with Gasteiger partial charge in [0.15, 0.2) is 28.6 Å². The highest BCUT2D eigenvalue weighted by molar-refractivity contribution is 5.82. The van der Waals surface area contributed by atoms with Crippen LogP contribution in [0.25, 0.3) is 22.8 Å². The fourth-order valence-electron chi connectivity index (χ4n) is 1.49. The molecule has 0 radical (unpaired) electrons. The van der Waals surface area contributed by atoms with Crippen LogP contribution in [0.4, 0.5) is 11.6 Å².